The molecule has 1 unspecified atom stereocenters. The number of rotatable bonds is 5. The smallest absolute Gasteiger partial charge is 0.244 e. The average Bonchev–Trinajstić information content (AvgIpc) is 3.16. The molecule has 1 amide bonds. The predicted molar refractivity (Wildman–Crippen MR) is 116 cm³/mol. The molecule has 0 fully saturated rings. The maximum atomic E-state index is 12.1. The highest BCUT2D eigenvalue weighted by Crippen LogP contribution is 2.39. The molecule has 0 aliphatic carbocycles. The Morgan fingerprint density at radius 2 is 2.07 bits per heavy atom. The zero-order valence-corrected chi connectivity index (χ0v) is 16.8. The summed E-state index contributed by atoms with van der Waals surface area (Å²) in [5.74, 6) is 0.549. The quantitative estimate of drug-likeness (QED) is 0.619. The number of carbonyl (C=O) groups is 1. The normalized spacial score (nSPS) is 15.2. The molecule has 146 valence electrons. The Hall–Kier alpha value is -3.11. The van der Waals surface area contributed by atoms with Crippen molar-refractivity contribution in [3.05, 3.63) is 88.7 Å². The minimum atomic E-state index is -0.167. The number of halogens is 1. The van der Waals surface area contributed by atoms with E-state index < -0.39 is 0 Å². The SMILES string of the molecule is Cc1ccc(-c2cc(Cl)c3c(c2)CC(CNC(=O)C=Cc2cccnc2)O3)cc1. The van der Waals surface area contributed by atoms with Gasteiger partial charge in [0.05, 0.1) is 11.6 Å². The van der Waals surface area contributed by atoms with E-state index in [1.165, 1.54) is 11.6 Å². The van der Waals surface area contributed by atoms with Crippen molar-refractivity contribution in [3.63, 3.8) is 0 Å². The summed E-state index contributed by atoms with van der Waals surface area (Å²) in [6.45, 7) is 2.49. The van der Waals surface area contributed by atoms with Crippen LogP contribution in [0.3, 0.4) is 0 Å². The van der Waals surface area contributed by atoms with Crippen molar-refractivity contribution in [3.8, 4) is 16.9 Å². The number of nitrogens with zero attached hydrogens (tertiary/aromatic N) is 1. The van der Waals surface area contributed by atoms with E-state index >= 15 is 0 Å². The van der Waals surface area contributed by atoms with Crippen LogP contribution < -0.4 is 10.1 Å². The number of pyridine rings is 1. The molecule has 1 N–H and O–H groups in total. The second-order valence-electron chi connectivity index (χ2n) is 7.12. The van der Waals surface area contributed by atoms with Crippen LogP contribution in [-0.2, 0) is 11.2 Å². The third kappa shape index (κ3) is 4.66. The fraction of sp³-hybridized carbons (Fsp3) is 0.167. The summed E-state index contributed by atoms with van der Waals surface area (Å²) < 4.78 is 5.98. The Bertz CT molecular complexity index is 1050. The van der Waals surface area contributed by atoms with Gasteiger partial charge in [0, 0.05) is 30.5 Å². The number of aromatic nitrogens is 1. The van der Waals surface area contributed by atoms with Gasteiger partial charge in [0.2, 0.25) is 5.91 Å². The third-order valence-corrected chi connectivity index (χ3v) is 5.13. The molecule has 3 aromatic rings. The number of amides is 1. The maximum absolute atomic E-state index is 12.1. The first-order valence-electron chi connectivity index (χ1n) is 9.50. The molecular weight excluding hydrogens is 384 g/mol. The number of fused-ring (bicyclic) bond motifs is 1. The van der Waals surface area contributed by atoms with Crippen LogP contribution in [0.1, 0.15) is 16.7 Å². The molecule has 5 heteroatoms. The monoisotopic (exact) mass is 404 g/mol. The van der Waals surface area contributed by atoms with Gasteiger partial charge < -0.3 is 10.1 Å². The fourth-order valence-electron chi connectivity index (χ4n) is 3.33. The van der Waals surface area contributed by atoms with Crippen molar-refractivity contribution in [1.29, 1.82) is 0 Å². The molecule has 0 saturated heterocycles. The molecule has 1 aliphatic heterocycles. The fourth-order valence-corrected chi connectivity index (χ4v) is 3.62. The molecular formula is C24H21ClN2O2. The second kappa shape index (κ2) is 8.50. The van der Waals surface area contributed by atoms with Crippen molar-refractivity contribution in [2.24, 2.45) is 0 Å². The van der Waals surface area contributed by atoms with Crippen molar-refractivity contribution >= 4 is 23.6 Å². The summed E-state index contributed by atoms with van der Waals surface area (Å²) in [5.41, 5.74) is 5.36. The Labute approximate surface area is 175 Å². The topological polar surface area (TPSA) is 51.2 Å². The van der Waals surface area contributed by atoms with Crippen LogP contribution in [-0.4, -0.2) is 23.5 Å². The number of carbonyl (C=O) groups excluding carboxylic acids is 1. The van der Waals surface area contributed by atoms with Crippen LogP contribution in [0.25, 0.3) is 17.2 Å². The lowest BCUT2D eigenvalue weighted by Crippen LogP contribution is -2.33. The van der Waals surface area contributed by atoms with E-state index in [0.717, 1.165) is 22.3 Å². The molecule has 2 aromatic carbocycles. The van der Waals surface area contributed by atoms with E-state index in [2.05, 4.69) is 47.6 Å². The largest absolute Gasteiger partial charge is 0.486 e. The van der Waals surface area contributed by atoms with Gasteiger partial charge in [-0.15, -0.1) is 0 Å². The maximum Gasteiger partial charge on any atom is 0.244 e. The average molecular weight is 405 g/mol. The van der Waals surface area contributed by atoms with Gasteiger partial charge in [-0.05, 0) is 47.9 Å². The van der Waals surface area contributed by atoms with Crippen molar-refractivity contribution < 1.29 is 9.53 Å². The first-order chi connectivity index (χ1) is 14.1. The molecule has 2 heterocycles. The minimum absolute atomic E-state index is 0.133. The van der Waals surface area contributed by atoms with Crippen LogP contribution >= 0.6 is 11.6 Å². The number of hydrogen-bond donors (Lipinski definition) is 1. The molecule has 1 atom stereocenters. The predicted octanol–water partition coefficient (Wildman–Crippen LogP) is 4.84. The van der Waals surface area contributed by atoms with E-state index in [1.807, 2.05) is 18.2 Å². The van der Waals surface area contributed by atoms with E-state index in [0.29, 0.717) is 23.7 Å². The van der Waals surface area contributed by atoms with E-state index in [4.69, 9.17) is 16.3 Å². The molecule has 4 rings (SSSR count). The number of benzene rings is 2. The number of ether oxygens (including phenoxy) is 1. The van der Waals surface area contributed by atoms with Crippen LogP contribution in [0.2, 0.25) is 5.02 Å². The summed E-state index contributed by atoms with van der Waals surface area (Å²) in [5, 5.41) is 3.49. The van der Waals surface area contributed by atoms with Gasteiger partial charge >= 0.3 is 0 Å². The lowest BCUT2D eigenvalue weighted by Gasteiger charge is -2.11. The second-order valence-corrected chi connectivity index (χ2v) is 7.53. The lowest BCUT2D eigenvalue weighted by molar-refractivity contribution is -0.116. The van der Waals surface area contributed by atoms with Gasteiger partial charge in [0.1, 0.15) is 11.9 Å². The van der Waals surface area contributed by atoms with Crippen molar-refractivity contribution in [2.45, 2.75) is 19.4 Å². The van der Waals surface area contributed by atoms with Crippen LogP contribution in [0, 0.1) is 6.92 Å². The highest BCUT2D eigenvalue weighted by molar-refractivity contribution is 6.32. The molecule has 0 spiro atoms. The Morgan fingerprint density at radius 3 is 2.83 bits per heavy atom. The molecule has 29 heavy (non-hydrogen) atoms. The van der Waals surface area contributed by atoms with Crippen LogP contribution in [0.15, 0.2) is 67.0 Å². The zero-order valence-electron chi connectivity index (χ0n) is 16.1. The van der Waals surface area contributed by atoms with Crippen molar-refractivity contribution in [2.75, 3.05) is 6.54 Å². The zero-order chi connectivity index (χ0) is 20.2. The first kappa shape index (κ1) is 19.2. The van der Waals surface area contributed by atoms with Gasteiger partial charge in [-0.2, -0.15) is 0 Å². The van der Waals surface area contributed by atoms with Crippen LogP contribution in [0.5, 0.6) is 5.75 Å². The van der Waals surface area contributed by atoms with Gasteiger partial charge in [-0.25, -0.2) is 0 Å². The summed E-state index contributed by atoms with van der Waals surface area (Å²) in [7, 11) is 0. The Morgan fingerprint density at radius 1 is 1.24 bits per heavy atom. The van der Waals surface area contributed by atoms with Gasteiger partial charge in [-0.1, -0.05) is 47.5 Å². The molecule has 0 saturated carbocycles. The summed E-state index contributed by atoms with van der Waals surface area (Å²) in [6, 6.07) is 16.1. The third-order valence-electron chi connectivity index (χ3n) is 4.85. The molecule has 4 nitrogen and oxygen atoms in total. The van der Waals surface area contributed by atoms with Gasteiger partial charge in [0.25, 0.3) is 0 Å². The summed E-state index contributed by atoms with van der Waals surface area (Å²) >= 11 is 6.47. The molecule has 1 aliphatic rings. The van der Waals surface area contributed by atoms with Crippen molar-refractivity contribution in [1.82, 2.24) is 10.3 Å². The Balaban J connectivity index is 1.38. The molecule has 0 bridgehead atoms. The van der Waals surface area contributed by atoms with E-state index in [1.54, 1.807) is 18.5 Å². The number of hydrogen-bond acceptors (Lipinski definition) is 3. The lowest BCUT2D eigenvalue weighted by atomic mass is 10.00. The minimum Gasteiger partial charge on any atom is -0.486 e. The molecule has 0 radical (unpaired) electrons. The first-order valence-corrected chi connectivity index (χ1v) is 9.88. The molecule has 1 aromatic heterocycles. The van der Waals surface area contributed by atoms with Gasteiger partial charge in [0.15, 0.2) is 0 Å². The summed E-state index contributed by atoms with van der Waals surface area (Å²) in [4.78, 5) is 16.1. The standard InChI is InChI=1S/C24H21ClN2O2/c1-16-4-7-18(8-5-16)19-11-20-12-21(29-24(20)22(25)13-19)15-27-23(28)9-6-17-3-2-10-26-14-17/h2-11,13-14,21H,12,15H2,1H3,(H,27,28). The summed E-state index contributed by atoms with van der Waals surface area (Å²) in [6.07, 6.45) is 7.21. The van der Waals surface area contributed by atoms with Gasteiger partial charge in [-0.3, -0.25) is 9.78 Å². The number of aryl methyl sites for hydroxylation is 1. The highest BCUT2D eigenvalue weighted by atomic mass is 35.5. The van der Waals surface area contributed by atoms with E-state index in [9.17, 15) is 4.79 Å². The highest BCUT2D eigenvalue weighted by Gasteiger charge is 2.26. The van der Waals surface area contributed by atoms with E-state index in [-0.39, 0.29) is 12.0 Å². The van der Waals surface area contributed by atoms with Crippen LogP contribution in [0.4, 0.5) is 0 Å². The number of nitrogens with one attached hydrogen (secondary N) is 1. The Kier molecular flexibility index (Phi) is 5.63.